The van der Waals surface area contributed by atoms with E-state index in [4.69, 9.17) is 9.47 Å². The van der Waals surface area contributed by atoms with Gasteiger partial charge in [0.25, 0.3) is 0 Å². The molecular formula is C19H18F2N2O4. The van der Waals surface area contributed by atoms with Crippen LogP contribution in [0.15, 0.2) is 36.4 Å². The van der Waals surface area contributed by atoms with Gasteiger partial charge in [0.15, 0.2) is 11.6 Å². The molecule has 1 unspecified atom stereocenters. The van der Waals surface area contributed by atoms with E-state index in [9.17, 15) is 18.4 Å². The Balaban J connectivity index is 1.75. The van der Waals surface area contributed by atoms with Crippen molar-refractivity contribution in [2.45, 2.75) is 6.42 Å². The highest BCUT2D eigenvalue weighted by molar-refractivity contribution is 6.04. The Morgan fingerprint density at radius 1 is 1.11 bits per heavy atom. The molecule has 0 spiro atoms. The highest BCUT2D eigenvalue weighted by atomic mass is 19.2. The lowest BCUT2D eigenvalue weighted by molar-refractivity contribution is -0.122. The number of benzene rings is 2. The number of rotatable bonds is 5. The average molecular weight is 376 g/mol. The first-order chi connectivity index (χ1) is 12.9. The van der Waals surface area contributed by atoms with Crippen molar-refractivity contribution < 1.29 is 27.8 Å². The van der Waals surface area contributed by atoms with Crippen molar-refractivity contribution in [3.63, 3.8) is 0 Å². The van der Waals surface area contributed by atoms with Crippen molar-refractivity contribution in [3.8, 4) is 11.5 Å². The van der Waals surface area contributed by atoms with Gasteiger partial charge >= 0.3 is 0 Å². The molecule has 1 N–H and O–H groups in total. The highest BCUT2D eigenvalue weighted by Gasteiger charge is 2.35. The van der Waals surface area contributed by atoms with E-state index >= 15 is 0 Å². The number of nitrogens with zero attached hydrogens (tertiary/aromatic N) is 1. The Labute approximate surface area is 154 Å². The van der Waals surface area contributed by atoms with Gasteiger partial charge in [0.2, 0.25) is 11.8 Å². The molecule has 1 aliphatic heterocycles. The van der Waals surface area contributed by atoms with E-state index in [0.717, 1.165) is 12.1 Å². The standard InChI is InChI=1S/C19H18F2N2O4/c1-26-13-4-6-17(27-2)16(9-13)22-19(25)11-7-18(24)23(10-11)12-3-5-14(20)15(21)8-12/h3-6,8-9,11H,7,10H2,1-2H3,(H,22,25). The summed E-state index contributed by atoms with van der Waals surface area (Å²) in [6, 6.07) is 8.16. The quantitative estimate of drug-likeness (QED) is 0.871. The van der Waals surface area contributed by atoms with Crippen molar-refractivity contribution in [1.82, 2.24) is 0 Å². The van der Waals surface area contributed by atoms with E-state index in [1.54, 1.807) is 18.2 Å². The van der Waals surface area contributed by atoms with Crippen LogP contribution >= 0.6 is 0 Å². The molecular weight excluding hydrogens is 358 g/mol. The highest BCUT2D eigenvalue weighted by Crippen LogP contribution is 2.31. The van der Waals surface area contributed by atoms with Crippen LogP contribution in [-0.2, 0) is 9.59 Å². The topological polar surface area (TPSA) is 67.9 Å². The van der Waals surface area contributed by atoms with E-state index in [1.165, 1.54) is 25.2 Å². The molecule has 0 radical (unpaired) electrons. The summed E-state index contributed by atoms with van der Waals surface area (Å²) in [4.78, 5) is 26.1. The zero-order valence-corrected chi connectivity index (χ0v) is 14.8. The summed E-state index contributed by atoms with van der Waals surface area (Å²) in [5.74, 6) is -2.40. The number of anilines is 2. The fourth-order valence-corrected chi connectivity index (χ4v) is 2.93. The van der Waals surface area contributed by atoms with E-state index < -0.39 is 17.6 Å². The SMILES string of the molecule is COc1ccc(OC)c(NC(=O)C2CC(=O)N(c3ccc(F)c(F)c3)C2)c1. The number of methoxy groups -OCH3 is 2. The summed E-state index contributed by atoms with van der Waals surface area (Å²) >= 11 is 0. The number of hydrogen-bond donors (Lipinski definition) is 1. The molecule has 1 aliphatic rings. The number of carbonyl (C=O) groups is 2. The molecule has 0 saturated carbocycles. The van der Waals surface area contributed by atoms with Gasteiger partial charge in [-0.2, -0.15) is 0 Å². The predicted octanol–water partition coefficient (Wildman–Crippen LogP) is 2.97. The normalized spacial score (nSPS) is 16.4. The second kappa shape index (κ2) is 7.61. The molecule has 0 aromatic heterocycles. The lowest BCUT2D eigenvalue weighted by atomic mass is 10.1. The third-order valence-corrected chi connectivity index (χ3v) is 4.38. The molecule has 2 amide bonds. The summed E-state index contributed by atoms with van der Waals surface area (Å²) in [5, 5.41) is 2.73. The van der Waals surface area contributed by atoms with E-state index in [0.29, 0.717) is 17.2 Å². The number of amides is 2. The Kier molecular flexibility index (Phi) is 5.25. The summed E-state index contributed by atoms with van der Waals surface area (Å²) in [6.45, 7) is 0.0715. The van der Waals surface area contributed by atoms with Gasteiger partial charge in [-0.05, 0) is 24.3 Å². The molecule has 1 fully saturated rings. The lowest BCUT2D eigenvalue weighted by Crippen LogP contribution is -2.28. The molecule has 8 heteroatoms. The number of carbonyl (C=O) groups excluding carboxylic acids is 2. The van der Waals surface area contributed by atoms with Gasteiger partial charge in [-0.25, -0.2) is 8.78 Å². The predicted molar refractivity (Wildman–Crippen MR) is 95.0 cm³/mol. The molecule has 1 saturated heterocycles. The van der Waals surface area contributed by atoms with Crippen LogP contribution in [0.3, 0.4) is 0 Å². The van der Waals surface area contributed by atoms with Crippen LogP contribution in [0.1, 0.15) is 6.42 Å². The van der Waals surface area contributed by atoms with Crippen LogP contribution in [0, 0.1) is 17.6 Å². The molecule has 3 rings (SSSR count). The van der Waals surface area contributed by atoms with Gasteiger partial charge in [0.1, 0.15) is 11.5 Å². The first-order valence-corrected chi connectivity index (χ1v) is 8.21. The number of halogens is 2. The van der Waals surface area contributed by atoms with Gasteiger partial charge in [-0.15, -0.1) is 0 Å². The minimum Gasteiger partial charge on any atom is -0.497 e. The Morgan fingerprint density at radius 3 is 2.56 bits per heavy atom. The number of nitrogens with one attached hydrogen (secondary N) is 1. The van der Waals surface area contributed by atoms with Gasteiger partial charge in [-0.1, -0.05) is 0 Å². The first kappa shape index (κ1) is 18.6. The molecule has 0 bridgehead atoms. The Bertz CT molecular complexity index is 888. The van der Waals surface area contributed by atoms with Crippen molar-refractivity contribution in [3.05, 3.63) is 48.0 Å². The van der Waals surface area contributed by atoms with E-state index in [-0.39, 0.29) is 30.5 Å². The monoisotopic (exact) mass is 376 g/mol. The van der Waals surface area contributed by atoms with Gasteiger partial charge in [-0.3, -0.25) is 9.59 Å². The minimum atomic E-state index is -1.05. The van der Waals surface area contributed by atoms with Crippen LogP contribution in [-0.4, -0.2) is 32.6 Å². The Hall–Kier alpha value is -3.16. The number of hydrogen-bond acceptors (Lipinski definition) is 4. The molecule has 27 heavy (non-hydrogen) atoms. The summed E-state index contributed by atoms with van der Waals surface area (Å²) < 4.78 is 36.9. The van der Waals surface area contributed by atoms with E-state index in [2.05, 4.69) is 5.32 Å². The average Bonchev–Trinajstić information content (AvgIpc) is 3.05. The van der Waals surface area contributed by atoms with Crippen molar-refractivity contribution in [2.75, 3.05) is 31.0 Å². The first-order valence-electron chi connectivity index (χ1n) is 8.21. The lowest BCUT2D eigenvalue weighted by Gasteiger charge is -2.17. The Morgan fingerprint density at radius 2 is 1.89 bits per heavy atom. The van der Waals surface area contributed by atoms with Gasteiger partial charge in [0, 0.05) is 30.8 Å². The largest absolute Gasteiger partial charge is 0.497 e. The molecule has 6 nitrogen and oxygen atoms in total. The zero-order chi connectivity index (χ0) is 19.6. The molecule has 2 aromatic rings. The zero-order valence-electron chi connectivity index (χ0n) is 14.8. The number of ether oxygens (including phenoxy) is 2. The van der Waals surface area contributed by atoms with Gasteiger partial charge < -0.3 is 19.7 Å². The molecule has 2 aromatic carbocycles. The summed E-state index contributed by atoms with van der Waals surface area (Å²) in [6.07, 6.45) is -0.0306. The van der Waals surface area contributed by atoms with Gasteiger partial charge in [0.05, 0.1) is 25.8 Å². The van der Waals surface area contributed by atoms with Crippen molar-refractivity contribution >= 4 is 23.2 Å². The summed E-state index contributed by atoms with van der Waals surface area (Å²) in [5.41, 5.74) is 0.633. The van der Waals surface area contributed by atoms with Crippen LogP contribution < -0.4 is 19.7 Å². The van der Waals surface area contributed by atoms with Crippen LogP contribution in [0.5, 0.6) is 11.5 Å². The second-order valence-electron chi connectivity index (χ2n) is 6.06. The fourth-order valence-electron chi connectivity index (χ4n) is 2.93. The van der Waals surface area contributed by atoms with Crippen molar-refractivity contribution in [2.24, 2.45) is 5.92 Å². The molecule has 1 atom stereocenters. The molecule has 142 valence electrons. The van der Waals surface area contributed by atoms with Crippen molar-refractivity contribution in [1.29, 1.82) is 0 Å². The minimum absolute atomic E-state index is 0.0306. The molecule has 0 aliphatic carbocycles. The maximum atomic E-state index is 13.4. The van der Waals surface area contributed by atoms with Crippen LogP contribution in [0.25, 0.3) is 0 Å². The molecule has 1 heterocycles. The maximum absolute atomic E-state index is 13.4. The summed E-state index contributed by atoms with van der Waals surface area (Å²) in [7, 11) is 2.98. The third-order valence-electron chi connectivity index (χ3n) is 4.38. The van der Waals surface area contributed by atoms with E-state index in [1.807, 2.05) is 0 Å². The smallest absolute Gasteiger partial charge is 0.229 e. The maximum Gasteiger partial charge on any atom is 0.229 e. The fraction of sp³-hybridized carbons (Fsp3) is 0.263. The second-order valence-corrected chi connectivity index (χ2v) is 6.06. The third kappa shape index (κ3) is 3.84. The van der Waals surface area contributed by atoms with Crippen LogP contribution in [0.2, 0.25) is 0 Å². The van der Waals surface area contributed by atoms with Crippen LogP contribution in [0.4, 0.5) is 20.2 Å².